The lowest BCUT2D eigenvalue weighted by atomic mass is 10.1. The highest BCUT2D eigenvalue weighted by molar-refractivity contribution is 5.95. The fourth-order valence-corrected chi connectivity index (χ4v) is 4.63. The van der Waals surface area contributed by atoms with Crippen molar-refractivity contribution in [2.75, 3.05) is 37.8 Å². The molecule has 0 saturated carbocycles. The number of rotatable bonds is 9. The van der Waals surface area contributed by atoms with Gasteiger partial charge in [-0.25, -0.2) is 14.4 Å². The lowest BCUT2D eigenvalue weighted by Crippen LogP contribution is -2.20. The number of nitrogens with zero attached hydrogens (tertiary/aromatic N) is 6. The van der Waals surface area contributed by atoms with Crippen molar-refractivity contribution in [1.82, 2.24) is 40.0 Å². The summed E-state index contributed by atoms with van der Waals surface area (Å²) < 4.78 is 14.6. The van der Waals surface area contributed by atoms with Crippen molar-refractivity contribution in [1.29, 1.82) is 0 Å². The highest BCUT2D eigenvalue weighted by Gasteiger charge is 2.18. The van der Waals surface area contributed by atoms with E-state index >= 15 is 0 Å². The number of hydrogen-bond acceptors (Lipinski definition) is 8. The van der Waals surface area contributed by atoms with E-state index < -0.39 is 0 Å². The maximum absolute atomic E-state index is 14.6. The quantitative estimate of drug-likeness (QED) is 0.190. The van der Waals surface area contributed by atoms with Gasteiger partial charge in [-0.2, -0.15) is 5.10 Å². The third kappa shape index (κ3) is 5.52. The molecule has 0 bridgehead atoms. The zero-order valence-electron chi connectivity index (χ0n) is 23.4. The van der Waals surface area contributed by atoms with Crippen LogP contribution in [0, 0.1) is 5.82 Å². The van der Waals surface area contributed by atoms with E-state index in [1.807, 2.05) is 44.4 Å². The number of benzene rings is 1. The van der Waals surface area contributed by atoms with Gasteiger partial charge in [0.1, 0.15) is 16.9 Å². The Kier molecular flexibility index (Phi) is 7.28. The van der Waals surface area contributed by atoms with E-state index in [1.165, 1.54) is 12.1 Å². The number of halogens is 1. The molecular weight excluding hydrogens is 535 g/mol. The Labute approximate surface area is 240 Å². The molecular formula is C30H29FN10O. The number of nitrogens with one attached hydrogen (secondary N) is 4. The number of aromatic amines is 2. The normalized spacial score (nSPS) is 11.5. The minimum atomic E-state index is -0.364. The number of imidazole rings is 1. The Hall–Kier alpha value is -5.23. The molecule has 1 aromatic carbocycles. The Morgan fingerprint density at radius 3 is 2.62 bits per heavy atom. The van der Waals surface area contributed by atoms with Crippen LogP contribution in [0.3, 0.4) is 0 Å². The topological polar surface area (TPSA) is 140 Å². The van der Waals surface area contributed by atoms with Crippen LogP contribution >= 0.6 is 0 Å². The largest absolute Gasteiger partial charge is 0.384 e. The van der Waals surface area contributed by atoms with Gasteiger partial charge in [-0.3, -0.25) is 19.9 Å². The number of anilines is 2. The van der Waals surface area contributed by atoms with Gasteiger partial charge in [0.05, 0.1) is 34.3 Å². The molecule has 5 heterocycles. The molecule has 0 radical (unpaired) electrons. The van der Waals surface area contributed by atoms with Gasteiger partial charge in [0.15, 0.2) is 11.5 Å². The molecule has 0 aliphatic heterocycles. The molecule has 0 atom stereocenters. The predicted molar refractivity (Wildman–Crippen MR) is 161 cm³/mol. The first-order chi connectivity index (χ1) is 20.4. The van der Waals surface area contributed by atoms with E-state index in [2.05, 4.69) is 40.7 Å². The number of fused-ring (bicyclic) bond motifs is 2. The summed E-state index contributed by atoms with van der Waals surface area (Å²) in [4.78, 5) is 35.7. The van der Waals surface area contributed by atoms with Crippen molar-refractivity contribution < 1.29 is 9.18 Å². The van der Waals surface area contributed by atoms with Gasteiger partial charge >= 0.3 is 0 Å². The molecule has 12 heteroatoms. The lowest BCUT2D eigenvalue weighted by Gasteiger charge is -2.12. The number of likely N-dealkylation sites (N-methyl/N-ethyl adjacent to an activating group) is 1. The van der Waals surface area contributed by atoms with Crippen LogP contribution in [0.25, 0.3) is 56.1 Å². The summed E-state index contributed by atoms with van der Waals surface area (Å²) in [6.45, 7) is 3.28. The first-order valence-corrected chi connectivity index (χ1v) is 13.5. The fourth-order valence-electron chi connectivity index (χ4n) is 4.63. The number of H-pyrrole nitrogens is 2. The minimum Gasteiger partial charge on any atom is -0.384 e. The first kappa shape index (κ1) is 27.0. The highest BCUT2D eigenvalue weighted by atomic mass is 19.1. The van der Waals surface area contributed by atoms with Crippen molar-refractivity contribution in [3.63, 3.8) is 0 Å². The molecule has 0 aliphatic rings. The van der Waals surface area contributed by atoms with Crippen LogP contribution in [0.2, 0.25) is 0 Å². The number of pyridine rings is 3. The van der Waals surface area contributed by atoms with Gasteiger partial charge in [-0.15, -0.1) is 0 Å². The van der Waals surface area contributed by atoms with Gasteiger partial charge in [0.25, 0.3) is 0 Å². The van der Waals surface area contributed by atoms with Crippen LogP contribution in [0.1, 0.15) is 13.3 Å². The van der Waals surface area contributed by atoms with Crippen molar-refractivity contribution in [2.24, 2.45) is 0 Å². The summed E-state index contributed by atoms with van der Waals surface area (Å²) in [5.74, 6) is 0.0403. The van der Waals surface area contributed by atoms with Crippen LogP contribution in [0.4, 0.5) is 15.8 Å². The van der Waals surface area contributed by atoms with E-state index in [0.29, 0.717) is 63.8 Å². The summed E-state index contributed by atoms with van der Waals surface area (Å²) in [6, 6.07) is 12.2. The molecule has 4 N–H and O–H groups in total. The van der Waals surface area contributed by atoms with E-state index in [1.54, 1.807) is 25.5 Å². The third-order valence-electron chi connectivity index (χ3n) is 6.73. The summed E-state index contributed by atoms with van der Waals surface area (Å²) in [5.41, 5.74) is 7.04. The second-order valence-electron chi connectivity index (χ2n) is 10.1. The Balaban J connectivity index is 1.36. The molecule has 0 fully saturated rings. The maximum Gasteiger partial charge on any atom is 0.224 e. The summed E-state index contributed by atoms with van der Waals surface area (Å²) in [5, 5.41) is 13.6. The van der Waals surface area contributed by atoms with Crippen molar-refractivity contribution in [3.05, 3.63) is 66.9 Å². The van der Waals surface area contributed by atoms with Crippen LogP contribution in [0.5, 0.6) is 0 Å². The Morgan fingerprint density at radius 2 is 1.79 bits per heavy atom. The standard InChI is InChI=1S/C30H29FN10O/c1-4-25(42)35-21-13-18(15-32-16-21)22-5-6-24-28(36-22)29(40-39-24)30-37-23-7-8-34-26(27(23)38-30)17-11-19(31)14-20(12-17)33-9-10-41(2)3/h5-8,11-16,33H,4,9-10H2,1-3H3,(H,35,42)(H,37,38)(H,39,40). The molecule has 0 saturated heterocycles. The van der Waals surface area contributed by atoms with Gasteiger partial charge in [0, 0.05) is 48.7 Å². The van der Waals surface area contributed by atoms with E-state index in [9.17, 15) is 9.18 Å². The van der Waals surface area contributed by atoms with E-state index in [0.717, 1.165) is 23.1 Å². The highest BCUT2D eigenvalue weighted by Crippen LogP contribution is 2.32. The Bertz CT molecular complexity index is 1910. The molecule has 6 rings (SSSR count). The maximum atomic E-state index is 14.6. The average Bonchev–Trinajstić information content (AvgIpc) is 3.60. The molecule has 1 amide bonds. The van der Waals surface area contributed by atoms with Gasteiger partial charge < -0.3 is 20.5 Å². The van der Waals surface area contributed by atoms with Gasteiger partial charge in [0.2, 0.25) is 5.91 Å². The fraction of sp³-hybridized carbons (Fsp3) is 0.200. The molecule has 0 spiro atoms. The Morgan fingerprint density at radius 1 is 0.952 bits per heavy atom. The predicted octanol–water partition coefficient (Wildman–Crippen LogP) is 5.09. The summed E-state index contributed by atoms with van der Waals surface area (Å²) in [6.07, 6.45) is 5.33. The monoisotopic (exact) mass is 564 g/mol. The van der Waals surface area contributed by atoms with Crippen molar-refractivity contribution >= 4 is 39.3 Å². The minimum absolute atomic E-state index is 0.0942. The summed E-state index contributed by atoms with van der Waals surface area (Å²) in [7, 11) is 3.97. The second-order valence-corrected chi connectivity index (χ2v) is 10.1. The number of carbonyl (C=O) groups is 1. The zero-order valence-corrected chi connectivity index (χ0v) is 23.4. The molecule has 11 nitrogen and oxygen atoms in total. The average molecular weight is 565 g/mol. The van der Waals surface area contributed by atoms with Crippen molar-refractivity contribution in [3.8, 4) is 34.0 Å². The number of aromatic nitrogens is 7. The van der Waals surface area contributed by atoms with Gasteiger partial charge in [-0.1, -0.05) is 6.92 Å². The molecule has 212 valence electrons. The molecule has 5 aromatic heterocycles. The van der Waals surface area contributed by atoms with Crippen LogP contribution in [-0.2, 0) is 4.79 Å². The smallest absolute Gasteiger partial charge is 0.224 e. The van der Waals surface area contributed by atoms with Crippen LogP contribution in [-0.4, -0.2) is 73.1 Å². The van der Waals surface area contributed by atoms with E-state index in [-0.39, 0.29) is 11.7 Å². The molecule has 0 unspecified atom stereocenters. The second kappa shape index (κ2) is 11.3. The number of carbonyl (C=O) groups excluding carboxylic acids is 1. The molecule has 0 aliphatic carbocycles. The van der Waals surface area contributed by atoms with Crippen LogP contribution < -0.4 is 10.6 Å². The molecule has 6 aromatic rings. The first-order valence-electron chi connectivity index (χ1n) is 13.5. The summed E-state index contributed by atoms with van der Waals surface area (Å²) >= 11 is 0. The lowest BCUT2D eigenvalue weighted by molar-refractivity contribution is -0.115. The van der Waals surface area contributed by atoms with Crippen molar-refractivity contribution in [2.45, 2.75) is 13.3 Å². The zero-order chi connectivity index (χ0) is 29.2. The van der Waals surface area contributed by atoms with E-state index in [4.69, 9.17) is 9.97 Å². The van der Waals surface area contributed by atoms with Gasteiger partial charge in [-0.05, 0) is 56.6 Å². The number of amides is 1. The third-order valence-corrected chi connectivity index (χ3v) is 6.73. The SMILES string of the molecule is CCC(=O)Nc1cncc(-c2ccc3[nH]nc(-c4nc5c(-c6cc(F)cc(NCCN(C)C)c6)nccc5[nH]4)c3n2)c1. The molecule has 42 heavy (non-hydrogen) atoms. The number of hydrogen-bond donors (Lipinski definition) is 4. The van der Waals surface area contributed by atoms with Crippen LogP contribution in [0.15, 0.2) is 61.1 Å².